The zero-order valence-electron chi connectivity index (χ0n) is 9.82. The fourth-order valence-electron chi connectivity index (χ4n) is 1.68. The van der Waals surface area contributed by atoms with Crippen LogP contribution in [0.25, 0.3) is 5.69 Å². The summed E-state index contributed by atoms with van der Waals surface area (Å²) in [7, 11) is 0. The van der Waals surface area contributed by atoms with Gasteiger partial charge in [-0.05, 0) is 31.2 Å². The van der Waals surface area contributed by atoms with Crippen LogP contribution in [0.2, 0.25) is 0 Å². The maximum Gasteiger partial charge on any atom is 0.435 e. The Morgan fingerprint density at radius 2 is 1.95 bits per heavy atom. The van der Waals surface area contributed by atoms with E-state index < -0.39 is 23.8 Å². The minimum absolute atomic E-state index is 0.164. The van der Waals surface area contributed by atoms with Gasteiger partial charge in [-0.1, -0.05) is 0 Å². The minimum Gasteiger partial charge on any atom is -0.389 e. The molecule has 0 fully saturated rings. The molecule has 102 valence electrons. The van der Waals surface area contributed by atoms with E-state index in [1.807, 2.05) is 0 Å². The lowest BCUT2D eigenvalue weighted by atomic mass is 10.1. The van der Waals surface area contributed by atoms with Crippen LogP contribution >= 0.6 is 0 Å². The number of aliphatic hydroxyl groups excluding tert-OH is 1. The molecule has 0 radical (unpaired) electrons. The molecule has 3 nitrogen and oxygen atoms in total. The van der Waals surface area contributed by atoms with Gasteiger partial charge in [-0.15, -0.1) is 0 Å². The van der Waals surface area contributed by atoms with E-state index in [-0.39, 0.29) is 11.3 Å². The predicted molar refractivity (Wildman–Crippen MR) is 59.2 cm³/mol. The molecule has 0 aliphatic carbocycles. The molecule has 0 bridgehead atoms. The third-order valence-corrected chi connectivity index (χ3v) is 2.57. The van der Waals surface area contributed by atoms with Crippen molar-refractivity contribution in [1.29, 1.82) is 0 Å². The van der Waals surface area contributed by atoms with E-state index in [4.69, 9.17) is 0 Å². The van der Waals surface area contributed by atoms with Crippen LogP contribution in [0.15, 0.2) is 30.5 Å². The quantitative estimate of drug-likeness (QED) is 0.855. The lowest BCUT2D eigenvalue weighted by molar-refractivity contribution is -0.141. The maximum atomic E-state index is 13.1. The third-order valence-electron chi connectivity index (χ3n) is 2.57. The van der Waals surface area contributed by atoms with Gasteiger partial charge in [0.15, 0.2) is 5.69 Å². The van der Waals surface area contributed by atoms with Gasteiger partial charge in [-0.25, -0.2) is 9.07 Å². The summed E-state index contributed by atoms with van der Waals surface area (Å²) >= 11 is 0. The van der Waals surface area contributed by atoms with Crippen molar-refractivity contribution >= 4 is 0 Å². The van der Waals surface area contributed by atoms with Crippen molar-refractivity contribution in [3.8, 4) is 5.69 Å². The highest BCUT2D eigenvalue weighted by molar-refractivity contribution is 5.42. The van der Waals surface area contributed by atoms with Crippen LogP contribution in [0.1, 0.15) is 24.3 Å². The molecule has 1 aromatic carbocycles. The van der Waals surface area contributed by atoms with Crippen molar-refractivity contribution in [3.05, 3.63) is 47.5 Å². The van der Waals surface area contributed by atoms with Crippen LogP contribution in [0.3, 0.4) is 0 Å². The molecule has 0 saturated carbocycles. The first-order valence-electron chi connectivity index (χ1n) is 5.40. The molecule has 0 aliphatic heterocycles. The molecule has 0 saturated heterocycles. The molecule has 19 heavy (non-hydrogen) atoms. The number of hydrogen-bond acceptors (Lipinski definition) is 2. The molecule has 2 rings (SSSR count). The van der Waals surface area contributed by atoms with Crippen LogP contribution < -0.4 is 0 Å². The smallest absolute Gasteiger partial charge is 0.389 e. The third kappa shape index (κ3) is 2.76. The first kappa shape index (κ1) is 13.5. The standard InChI is InChI=1S/C12H10F4N2O/c1-7(19)9-6-8(13)2-3-10(9)18-5-4-11(17-18)12(14,15)16/h2-7,19H,1H3/t7-/m1/s1. The van der Waals surface area contributed by atoms with Crippen molar-refractivity contribution in [2.24, 2.45) is 0 Å². The molecule has 7 heteroatoms. The molecule has 0 aliphatic rings. The second kappa shape index (κ2) is 4.65. The molecule has 0 spiro atoms. The van der Waals surface area contributed by atoms with E-state index in [1.54, 1.807) is 0 Å². The first-order chi connectivity index (χ1) is 8.79. The molecular weight excluding hydrogens is 264 g/mol. The number of rotatable bonds is 2. The lowest BCUT2D eigenvalue weighted by Crippen LogP contribution is -2.09. The number of alkyl halides is 3. The summed E-state index contributed by atoms with van der Waals surface area (Å²) in [5.74, 6) is -0.581. The zero-order chi connectivity index (χ0) is 14.2. The molecule has 0 unspecified atom stereocenters. The SMILES string of the molecule is C[C@@H](O)c1cc(F)ccc1-n1ccc(C(F)(F)F)n1. The summed E-state index contributed by atoms with van der Waals surface area (Å²) in [4.78, 5) is 0. The highest BCUT2D eigenvalue weighted by Gasteiger charge is 2.33. The van der Waals surface area contributed by atoms with Crippen molar-refractivity contribution in [3.63, 3.8) is 0 Å². The van der Waals surface area contributed by atoms with Crippen LogP contribution in [-0.4, -0.2) is 14.9 Å². The van der Waals surface area contributed by atoms with E-state index in [9.17, 15) is 22.7 Å². The van der Waals surface area contributed by atoms with Crippen molar-refractivity contribution in [2.75, 3.05) is 0 Å². The summed E-state index contributed by atoms with van der Waals surface area (Å²) in [6.45, 7) is 1.40. The fraction of sp³-hybridized carbons (Fsp3) is 0.250. The molecule has 2 aromatic rings. The monoisotopic (exact) mass is 274 g/mol. The number of hydrogen-bond donors (Lipinski definition) is 1. The van der Waals surface area contributed by atoms with Gasteiger partial charge in [-0.3, -0.25) is 0 Å². The van der Waals surface area contributed by atoms with Crippen LogP contribution in [0, 0.1) is 5.82 Å². The minimum atomic E-state index is -4.55. The first-order valence-corrected chi connectivity index (χ1v) is 5.40. The number of benzene rings is 1. The normalized spacial score (nSPS) is 13.6. The summed E-state index contributed by atoms with van der Waals surface area (Å²) in [6.07, 6.45) is -4.46. The lowest BCUT2D eigenvalue weighted by Gasteiger charge is -2.12. The molecule has 1 heterocycles. The van der Waals surface area contributed by atoms with Crippen LogP contribution in [0.5, 0.6) is 0 Å². The predicted octanol–water partition coefficient (Wildman–Crippen LogP) is 3.08. The molecule has 0 amide bonds. The second-order valence-corrected chi connectivity index (χ2v) is 4.02. The van der Waals surface area contributed by atoms with Gasteiger partial charge in [0.2, 0.25) is 0 Å². The maximum absolute atomic E-state index is 13.1. The second-order valence-electron chi connectivity index (χ2n) is 4.02. The highest BCUT2D eigenvalue weighted by Crippen LogP contribution is 2.29. The Kier molecular flexibility index (Phi) is 3.32. The molecule has 1 aromatic heterocycles. The Morgan fingerprint density at radius 1 is 1.26 bits per heavy atom. The Hall–Kier alpha value is -1.89. The average molecular weight is 274 g/mol. The summed E-state index contributed by atoms with van der Waals surface area (Å²) in [5, 5.41) is 12.9. The average Bonchev–Trinajstić information content (AvgIpc) is 2.77. The highest BCUT2D eigenvalue weighted by atomic mass is 19.4. The number of aromatic nitrogens is 2. The fourth-order valence-corrected chi connectivity index (χ4v) is 1.68. The van der Waals surface area contributed by atoms with Crippen molar-refractivity contribution in [2.45, 2.75) is 19.2 Å². The van der Waals surface area contributed by atoms with Crippen LogP contribution in [0.4, 0.5) is 17.6 Å². The van der Waals surface area contributed by atoms with E-state index in [1.165, 1.54) is 13.0 Å². The zero-order valence-corrected chi connectivity index (χ0v) is 9.82. The van der Waals surface area contributed by atoms with E-state index in [0.29, 0.717) is 0 Å². The Labute approximate surface area is 106 Å². The van der Waals surface area contributed by atoms with E-state index in [2.05, 4.69) is 5.10 Å². The Morgan fingerprint density at radius 3 is 2.47 bits per heavy atom. The van der Waals surface area contributed by atoms with E-state index >= 15 is 0 Å². The van der Waals surface area contributed by atoms with Gasteiger partial charge in [0, 0.05) is 11.8 Å². The van der Waals surface area contributed by atoms with Crippen molar-refractivity contribution < 1.29 is 22.7 Å². The number of halogens is 4. The number of nitrogens with zero attached hydrogens (tertiary/aromatic N) is 2. The summed E-state index contributed by atoms with van der Waals surface area (Å²) in [6, 6.07) is 4.24. The molecular formula is C12H10F4N2O. The molecule has 1 N–H and O–H groups in total. The van der Waals surface area contributed by atoms with Gasteiger partial charge >= 0.3 is 6.18 Å². The van der Waals surface area contributed by atoms with Gasteiger partial charge in [0.1, 0.15) is 5.82 Å². The molecule has 1 atom stereocenters. The number of aliphatic hydroxyl groups is 1. The van der Waals surface area contributed by atoms with Crippen molar-refractivity contribution in [1.82, 2.24) is 9.78 Å². The van der Waals surface area contributed by atoms with Gasteiger partial charge in [-0.2, -0.15) is 18.3 Å². The Bertz CT molecular complexity index is 590. The van der Waals surface area contributed by atoms with Gasteiger partial charge in [0.25, 0.3) is 0 Å². The topological polar surface area (TPSA) is 38.0 Å². The van der Waals surface area contributed by atoms with E-state index in [0.717, 1.165) is 29.1 Å². The largest absolute Gasteiger partial charge is 0.435 e. The van der Waals surface area contributed by atoms with Crippen LogP contribution in [-0.2, 0) is 6.18 Å². The van der Waals surface area contributed by atoms with Gasteiger partial charge < -0.3 is 5.11 Å². The summed E-state index contributed by atoms with van der Waals surface area (Å²) < 4.78 is 51.4. The van der Waals surface area contributed by atoms with Gasteiger partial charge in [0.05, 0.1) is 11.8 Å². The Balaban J connectivity index is 2.50. The summed E-state index contributed by atoms with van der Waals surface area (Å²) in [5.41, 5.74) is -0.683.